The molecule has 0 aliphatic rings. The molecular formula is C12H18ClNO2. The Balaban J connectivity index is 3.39. The molecule has 0 saturated carbocycles. The Morgan fingerprint density at radius 1 is 1.19 bits per heavy atom. The van der Waals surface area contributed by atoms with E-state index in [0.29, 0.717) is 17.1 Å². The van der Waals surface area contributed by atoms with E-state index in [2.05, 4.69) is 5.32 Å². The zero-order valence-corrected chi connectivity index (χ0v) is 10.8. The summed E-state index contributed by atoms with van der Waals surface area (Å²) in [6, 6.07) is 0. The Kier molecular flexibility index (Phi) is 4.19. The summed E-state index contributed by atoms with van der Waals surface area (Å²) in [4.78, 5) is 0. The van der Waals surface area contributed by atoms with Gasteiger partial charge < -0.3 is 15.5 Å². The van der Waals surface area contributed by atoms with Crippen LogP contribution < -0.4 is 5.32 Å². The van der Waals surface area contributed by atoms with Gasteiger partial charge in [0.2, 0.25) is 0 Å². The molecule has 0 aromatic heterocycles. The quantitative estimate of drug-likeness (QED) is 0.763. The van der Waals surface area contributed by atoms with E-state index in [0.717, 1.165) is 16.7 Å². The van der Waals surface area contributed by atoms with Crippen molar-refractivity contribution in [2.75, 3.05) is 13.6 Å². The molecule has 3 nitrogen and oxygen atoms in total. The number of benzene rings is 1. The highest BCUT2D eigenvalue weighted by molar-refractivity contribution is 6.32. The van der Waals surface area contributed by atoms with E-state index < -0.39 is 6.10 Å². The Morgan fingerprint density at radius 3 is 2.25 bits per heavy atom. The second-order valence-electron chi connectivity index (χ2n) is 4.02. The third-order valence-electron chi connectivity index (χ3n) is 2.97. The summed E-state index contributed by atoms with van der Waals surface area (Å²) in [6.07, 6.45) is -0.748. The number of aliphatic hydroxyl groups is 1. The van der Waals surface area contributed by atoms with Crippen molar-refractivity contribution in [3.05, 3.63) is 27.3 Å². The lowest BCUT2D eigenvalue weighted by Crippen LogP contribution is -2.18. The zero-order chi connectivity index (χ0) is 12.5. The number of rotatable bonds is 3. The first kappa shape index (κ1) is 13.3. The van der Waals surface area contributed by atoms with Crippen LogP contribution in [0.4, 0.5) is 0 Å². The fourth-order valence-electron chi connectivity index (χ4n) is 1.82. The maximum Gasteiger partial charge on any atom is 0.124 e. The minimum absolute atomic E-state index is 0.141. The predicted molar refractivity (Wildman–Crippen MR) is 66.2 cm³/mol. The van der Waals surface area contributed by atoms with Crippen molar-refractivity contribution in [2.24, 2.45) is 0 Å². The molecule has 1 atom stereocenters. The van der Waals surface area contributed by atoms with E-state index in [1.54, 1.807) is 14.0 Å². The van der Waals surface area contributed by atoms with Crippen molar-refractivity contribution in [2.45, 2.75) is 26.9 Å². The van der Waals surface area contributed by atoms with E-state index in [9.17, 15) is 10.2 Å². The molecule has 0 aliphatic heterocycles. The fraction of sp³-hybridized carbons (Fsp3) is 0.500. The number of aliphatic hydroxyl groups excluding tert-OH is 1. The van der Waals surface area contributed by atoms with Crippen LogP contribution in [0.5, 0.6) is 5.75 Å². The largest absolute Gasteiger partial charge is 0.507 e. The molecule has 1 aromatic carbocycles. The number of phenols is 1. The van der Waals surface area contributed by atoms with Crippen LogP contribution in [0.1, 0.15) is 28.4 Å². The highest BCUT2D eigenvalue weighted by Gasteiger charge is 2.20. The molecule has 0 aliphatic carbocycles. The van der Waals surface area contributed by atoms with E-state index >= 15 is 0 Å². The Hall–Kier alpha value is -0.770. The smallest absolute Gasteiger partial charge is 0.124 e. The minimum atomic E-state index is -0.748. The minimum Gasteiger partial charge on any atom is -0.507 e. The predicted octanol–water partition coefficient (Wildman–Crippen LogP) is 2.22. The molecule has 3 N–H and O–H groups in total. The normalized spacial score (nSPS) is 12.9. The average Bonchev–Trinajstić information content (AvgIpc) is 2.24. The average molecular weight is 244 g/mol. The van der Waals surface area contributed by atoms with Gasteiger partial charge in [-0.15, -0.1) is 0 Å². The summed E-state index contributed by atoms with van der Waals surface area (Å²) in [6.45, 7) is 5.85. The van der Waals surface area contributed by atoms with Gasteiger partial charge in [-0.2, -0.15) is 0 Å². The second kappa shape index (κ2) is 5.04. The fourth-order valence-corrected chi connectivity index (χ4v) is 2.07. The Morgan fingerprint density at radius 2 is 1.75 bits per heavy atom. The van der Waals surface area contributed by atoms with Crippen LogP contribution in [0.25, 0.3) is 0 Å². The number of phenolic OH excluding ortho intramolecular Hbond substituents is 1. The third kappa shape index (κ3) is 2.17. The van der Waals surface area contributed by atoms with Crippen LogP contribution in [-0.4, -0.2) is 23.8 Å². The van der Waals surface area contributed by atoms with Gasteiger partial charge in [0.25, 0.3) is 0 Å². The zero-order valence-electron chi connectivity index (χ0n) is 10.1. The molecule has 0 amide bonds. The number of halogens is 1. The molecule has 0 spiro atoms. The lowest BCUT2D eigenvalue weighted by Gasteiger charge is -2.19. The topological polar surface area (TPSA) is 52.5 Å². The maximum absolute atomic E-state index is 10.0. The second-order valence-corrected chi connectivity index (χ2v) is 4.40. The van der Waals surface area contributed by atoms with Crippen molar-refractivity contribution in [1.29, 1.82) is 0 Å². The summed E-state index contributed by atoms with van der Waals surface area (Å²) < 4.78 is 0. The summed E-state index contributed by atoms with van der Waals surface area (Å²) in [7, 11) is 1.75. The summed E-state index contributed by atoms with van der Waals surface area (Å²) >= 11 is 6.16. The lowest BCUT2D eigenvalue weighted by atomic mass is 9.95. The van der Waals surface area contributed by atoms with Crippen molar-refractivity contribution in [3.8, 4) is 5.75 Å². The highest BCUT2D eigenvalue weighted by atomic mass is 35.5. The van der Waals surface area contributed by atoms with Crippen LogP contribution in [0.3, 0.4) is 0 Å². The molecule has 4 heteroatoms. The van der Waals surface area contributed by atoms with Crippen molar-refractivity contribution in [1.82, 2.24) is 5.32 Å². The molecule has 1 unspecified atom stereocenters. The number of hydrogen-bond acceptors (Lipinski definition) is 3. The number of hydrogen-bond donors (Lipinski definition) is 3. The molecule has 0 radical (unpaired) electrons. The van der Waals surface area contributed by atoms with Crippen LogP contribution in [-0.2, 0) is 0 Å². The summed E-state index contributed by atoms with van der Waals surface area (Å²) in [5.74, 6) is 0.141. The molecule has 0 fully saturated rings. The van der Waals surface area contributed by atoms with Crippen LogP contribution in [0, 0.1) is 20.8 Å². The van der Waals surface area contributed by atoms with Gasteiger partial charge in [-0.3, -0.25) is 0 Å². The lowest BCUT2D eigenvalue weighted by molar-refractivity contribution is 0.173. The van der Waals surface area contributed by atoms with Gasteiger partial charge in [0.05, 0.1) is 6.10 Å². The van der Waals surface area contributed by atoms with Gasteiger partial charge in [0, 0.05) is 17.1 Å². The highest BCUT2D eigenvalue weighted by Crippen LogP contribution is 2.38. The van der Waals surface area contributed by atoms with E-state index in [1.807, 2.05) is 13.8 Å². The molecule has 1 rings (SSSR count). The van der Waals surface area contributed by atoms with Crippen molar-refractivity contribution >= 4 is 11.6 Å². The number of likely N-dealkylation sites (N-methyl/N-ethyl adjacent to an activating group) is 1. The number of aromatic hydroxyl groups is 1. The summed E-state index contributed by atoms with van der Waals surface area (Å²) in [5.41, 5.74) is 2.84. The Labute approximate surface area is 101 Å². The van der Waals surface area contributed by atoms with Gasteiger partial charge in [0.15, 0.2) is 0 Å². The standard InChI is InChI=1S/C12H18ClNO2/c1-6-7(2)12(16)10(8(3)11(6)13)9(15)5-14-4/h9,14-16H,5H2,1-4H3. The van der Waals surface area contributed by atoms with Crippen molar-refractivity contribution < 1.29 is 10.2 Å². The molecule has 16 heavy (non-hydrogen) atoms. The first-order chi connectivity index (χ1) is 7.41. The van der Waals surface area contributed by atoms with E-state index in [1.165, 1.54) is 0 Å². The maximum atomic E-state index is 10.0. The van der Waals surface area contributed by atoms with Gasteiger partial charge in [-0.05, 0) is 44.5 Å². The first-order valence-electron chi connectivity index (χ1n) is 5.22. The first-order valence-corrected chi connectivity index (χ1v) is 5.60. The van der Waals surface area contributed by atoms with Crippen LogP contribution in [0.2, 0.25) is 5.02 Å². The van der Waals surface area contributed by atoms with Gasteiger partial charge >= 0.3 is 0 Å². The van der Waals surface area contributed by atoms with Gasteiger partial charge in [-0.25, -0.2) is 0 Å². The molecular weight excluding hydrogens is 226 g/mol. The van der Waals surface area contributed by atoms with Crippen molar-refractivity contribution in [3.63, 3.8) is 0 Å². The summed E-state index contributed by atoms with van der Waals surface area (Å²) in [5, 5.41) is 23.5. The number of nitrogens with one attached hydrogen (secondary N) is 1. The Bertz CT molecular complexity index is 375. The van der Waals surface area contributed by atoms with E-state index in [4.69, 9.17) is 11.6 Å². The van der Waals surface area contributed by atoms with Gasteiger partial charge in [-0.1, -0.05) is 11.6 Å². The monoisotopic (exact) mass is 243 g/mol. The van der Waals surface area contributed by atoms with Crippen LogP contribution >= 0.6 is 11.6 Å². The SMILES string of the molecule is CNCC(O)c1c(C)c(Cl)c(C)c(C)c1O. The van der Waals surface area contributed by atoms with Crippen LogP contribution in [0.15, 0.2) is 0 Å². The third-order valence-corrected chi connectivity index (χ3v) is 3.53. The molecule has 0 bridgehead atoms. The molecule has 0 heterocycles. The molecule has 0 saturated heterocycles. The van der Waals surface area contributed by atoms with Gasteiger partial charge in [0.1, 0.15) is 5.75 Å². The molecule has 90 valence electrons. The molecule has 1 aromatic rings. The van der Waals surface area contributed by atoms with E-state index in [-0.39, 0.29) is 5.75 Å².